The molecule has 2 heterocycles. The van der Waals surface area contributed by atoms with Crippen LogP contribution in [0.1, 0.15) is 0 Å². The van der Waals surface area contributed by atoms with Crippen LogP contribution in [-0.2, 0) is 0 Å². The van der Waals surface area contributed by atoms with Gasteiger partial charge in [-0.15, -0.1) is 0 Å². The predicted molar refractivity (Wildman–Crippen MR) is 219 cm³/mol. The number of hydrogen-bond donors (Lipinski definition) is 0. The van der Waals surface area contributed by atoms with Crippen LogP contribution < -0.4 is 0 Å². The maximum atomic E-state index is 6.44. The summed E-state index contributed by atoms with van der Waals surface area (Å²) in [4.78, 5) is 15.7. The van der Waals surface area contributed by atoms with E-state index >= 15 is 0 Å². The summed E-state index contributed by atoms with van der Waals surface area (Å²) in [6, 6.07) is 61.7. The van der Waals surface area contributed by atoms with E-state index in [1.165, 1.54) is 37.7 Å². The number of furan rings is 1. The van der Waals surface area contributed by atoms with Crippen molar-refractivity contribution in [1.29, 1.82) is 0 Å². The van der Waals surface area contributed by atoms with Crippen LogP contribution in [0, 0.1) is 0 Å². The normalized spacial score (nSPS) is 11.8. The van der Waals surface area contributed by atoms with E-state index in [9.17, 15) is 0 Å². The van der Waals surface area contributed by atoms with Gasteiger partial charge < -0.3 is 4.42 Å². The molecular weight excluding hydrogens is 647 g/mol. The molecule has 0 amide bonds. The van der Waals surface area contributed by atoms with Crippen LogP contribution in [0.5, 0.6) is 0 Å². The first-order valence-corrected chi connectivity index (χ1v) is 17.9. The van der Waals surface area contributed by atoms with E-state index in [2.05, 4.69) is 146 Å². The monoisotopic (exact) mass is 675 g/mol. The number of benzene rings is 9. The molecule has 0 radical (unpaired) electrons. The number of fused-ring (bicyclic) bond motifs is 9. The minimum atomic E-state index is 0.597. The van der Waals surface area contributed by atoms with Gasteiger partial charge in [0.1, 0.15) is 11.2 Å². The number of hydrogen-bond acceptors (Lipinski definition) is 4. The van der Waals surface area contributed by atoms with Crippen LogP contribution in [0.4, 0.5) is 0 Å². The van der Waals surface area contributed by atoms with Crippen molar-refractivity contribution in [3.8, 4) is 45.3 Å². The van der Waals surface area contributed by atoms with Crippen LogP contribution in [0.15, 0.2) is 180 Å². The maximum Gasteiger partial charge on any atom is 0.165 e. The van der Waals surface area contributed by atoms with Gasteiger partial charge in [-0.1, -0.05) is 146 Å². The first-order valence-electron chi connectivity index (χ1n) is 17.9. The van der Waals surface area contributed by atoms with Gasteiger partial charge in [0.15, 0.2) is 17.5 Å². The standard InChI is InChI=1S/C49H29N3O/c1-2-12-32(13-3-1)47-50-48(36-22-23-38-34(29-36)21-25-40-37-15-7-6-11-31(37)20-24-41(38)40)52-49(51-47)46-39(35-19-18-30-10-4-5-14-33(30)28-35)26-27-44-45(46)42-16-8-9-17-43(42)53-44/h1-29H. The average molecular weight is 676 g/mol. The lowest BCUT2D eigenvalue weighted by Crippen LogP contribution is -2.01. The van der Waals surface area contributed by atoms with Gasteiger partial charge in [0.05, 0.1) is 0 Å². The lowest BCUT2D eigenvalue weighted by atomic mass is 9.93. The molecule has 246 valence electrons. The molecule has 0 N–H and O–H groups in total. The molecule has 4 nitrogen and oxygen atoms in total. The van der Waals surface area contributed by atoms with Crippen LogP contribution in [0.2, 0.25) is 0 Å². The zero-order valence-corrected chi connectivity index (χ0v) is 28.5. The van der Waals surface area contributed by atoms with E-state index in [0.717, 1.165) is 55.1 Å². The Labute approximate surface area is 304 Å². The topological polar surface area (TPSA) is 51.8 Å². The molecule has 0 spiro atoms. The lowest BCUT2D eigenvalue weighted by molar-refractivity contribution is 0.669. The Hall–Kier alpha value is -7.17. The molecule has 0 saturated carbocycles. The first-order chi connectivity index (χ1) is 26.2. The molecule has 0 unspecified atom stereocenters. The van der Waals surface area contributed by atoms with E-state index in [-0.39, 0.29) is 0 Å². The molecule has 0 aliphatic heterocycles. The summed E-state index contributed by atoms with van der Waals surface area (Å²) < 4.78 is 6.44. The third kappa shape index (κ3) is 4.80. The number of aromatic nitrogens is 3. The highest BCUT2D eigenvalue weighted by Crippen LogP contribution is 2.43. The third-order valence-corrected chi connectivity index (χ3v) is 10.5. The Bertz CT molecular complexity index is 3240. The summed E-state index contributed by atoms with van der Waals surface area (Å²) in [5.41, 5.74) is 6.50. The maximum absolute atomic E-state index is 6.44. The second-order valence-electron chi connectivity index (χ2n) is 13.6. The Morgan fingerprint density at radius 1 is 0.321 bits per heavy atom. The predicted octanol–water partition coefficient (Wildman–Crippen LogP) is 13.1. The van der Waals surface area contributed by atoms with Crippen molar-refractivity contribution >= 4 is 65.0 Å². The van der Waals surface area contributed by atoms with Gasteiger partial charge in [-0.05, 0) is 84.5 Å². The van der Waals surface area contributed by atoms with Crippen molar-refractivity contribution in [3.63, 3.8) is 0 Å². The summed E-state index contributed by atoms with van der Waals surface area (Å²) in [5, 5.41) is 11.7. The van der Waals surface area contributed by atoms with Crippen LogP contribution in [-0.4, -0.2) is 15.0 Å². The summed E-state index contributed by atoms with van der Waals surface area (Å²) >= 11 is 0. The van der Waals surface area contributed by atoms with Crippen molar-refractivity contribution in [2.45, 2.75) is 0 Å². The fraction of sp³-hybridized carbons (Fsp3) is 0. The van der Waals surface area contributed by atoms with E-state index in [0.29, 0.717) is 17.5 Å². The van der Waals surface area contributed by atoms with Crippen molar-refractivity contribution in [2.75, 3.05) is 0 Å². The van der Waals surface area contributed by atoms with Gasteiger partial charge in [-0.2, -0.15) is 0 Å². The van der Waals surface area contributed by atoms with Gasteiger partial charge in [-0.3, -0.25) is 0 Å². The molecular formula is C49H29N3O. The smallest absolute Gasteiger partial charge is 0.165 e. The molecule has 2 aromatic heterocycles. The Balaban J connectivity index is 1.18. The number of rotatable bonds is 4. The van der Waals surface area contributed by atoms with Gasteiger partial charge >= 0.3 is 0 Å². The molecule has 53 heavy (non-hydrogen) atoms. The minimum Gasteiger partial charge on any atom is -0.456 e. The SMILES string of the molecule is c1ccc(-c2nc(-c3ccc4c(ccc5c6ccccc6ccc45)c3)nc(-c3c(-c4ccc5ccccc5c4)ccc4oc5ccccc5c34)n2)cc1. The molecule has 0 aliphatic rings. The third-order valence-electron chi connectivity index (χ3n) is 10.5. The molecule has 0 atom stereocenters. The molecule has 0 bridgehead atoms. The summed E-state index contributed by atoms with van der Waals surface area (Å²) in [7, 11) is 0. The van der Waals surface area contributed by atoms with Gasteiger partial charge in [0.25, 0.3) is 0 Å². The highest BCUT2D eigenvalue weighted by molar-refractivity contribution is 6.18. The molecule has 11 aromatic rings. The second-order valence-corrected chi connectivity index (χ2v) is 13.6. The average Bonchev–Trinajstić information content (AvgIpc) is 3.61. The first kappa shape index (κ1) is 29.5. The largest absolute Gasteiger partial charge is 0.456 e. The van der Waals surface area contributed by atoms with E-state index in [1.54, 1.807) is 0 Å². The number of para-hydroxylation sites is 1. The van der Waals surface area contributed by atoms with Gasteiger partial charge in [0.2, 0.25) is 0 Å². The Morgan fingerprint density at radius 3 is 1.75 bits per heavy atom. The van der Waals surface area contributed by atoms with Crippen LogP contribution >= 0.6 is 0 Å². The number of nitrogens with zero attached hydrogens (tertiary/aromatic N) is 3. The second kappa shape index (κ2) is 11.7. The zero-order valence-electron chi connectivity index (χ0n) is 28.5. The van der Waals surface area contributed by atoms with Crippen LogP contribution in [0.25, 0.3) is 110 Å². The van der Waals surface area contributed by atoms with Crippen molar-refractivity contribution < 1.29 is 4.42 Å². The van der Waals surface area contributed by atoms with Crippen molar-refractivity contribution in [2.24, 2.45) is 0 Å². The zero-order chi connectivity index (χ0) is 34.9. The van der Waals surface area contributed by atoms with Crippen molar-refractivity contribution in [3.05, 3.63) is 176 Å². The lowest BCUT2D eigenvalue weighted by Gasteiger charge is -2.14. The quantitative estimate of drug-likeness (QED) is 0.174. The summed E-state index contributed by atoms with van der Waals surface area (Å²) in [5.74, 6) is 1.83. The molecule has 0 saturated heterocycles. The molecule has 9 aromatic carbocycles. The van der Waals surface area contributed by atoms with E-state index in [4.69, 9.17) is 19.4 Å². The van der Waals surface area contributed by atoms with Gasteiger partial charge in [0, 0.05) is 27.5 Å². The molecule has 0 fully saturated rings. The van der Waals surface area contributed by atoms with Gasteiger partial charge in [-0.25, -0.2) is 15.0 Å². The summed E-state index contributed by atoms with van der Waals surface area (Å²) in [6.45, 7) is 0. The van der Waals surface area contributed by atoms with Crippen molar-refractivity contribution in [1.82, 2.24) is 15.0 Å². The molecule has 0 aliphatic carbocycles. The highest BCUT2D eigenvalue weighted by Gasteiger charge is 2.22. The molecule has 4 heteroatoms. The highest BCUT2D eigenvalue weighted by atomic mass is 16.3. The minimum absolute atomic E-state index is 0.597. The van der Waals surface area contributed by atoms with E-state index < -0.39 is 0 Å². The summed E-state index contributed by atoms with van der Waals surface area (Å²) in [6.07, 6.45) is 0. The fourth-order valence-electron chi connectivity index (χ4n) is 7.95. The fourth-order valence-corrected chi connectivity index (χ4v) is 7.95. The Kier molecular flexibility index (Phi) is 6.52. The molecule has 11 rings (SSSR count). The van der Waals surface area contributed by atoms with E-state index in [1.807, 2.05) is 30.3 Å². The Morgan fingerprint density at radius 2 is 0.906 bits per heavy atom. The van der Waals surface area contributed by atoms with Crippen LogP contribution in [0.3, 0.4) is 0 Å².